The van der Waals surface area contributed by atoms with Gasteiger partial charge in [-0.1, -0.05) is 49.4 Å². The highest BCUT2D eigenvalue weighted by Gasteiger charge is 2.34. The van der Waals surface area contributed by atoms with Gasteiger partial charge in [-0.05, 0) is 17.3 Å². The number of likely N-dealkylation sites (N-methyl/N-ethyl adjacent to an activating group) is 1. The van der Waals surface area contributed by atoms with Gasteiger partial charge in [0.2, 0.25) is 0 Å². The van der Waals surface area contributed by atoms with Crippen LogP contribution in [0.15, 0.2) is 42.5 Å². The van der Waals surface area contributed by atoms with E-state index in [1.54, 1.807) is 0 Å². The molecule has 1 fully saturated rings. The first-order valence-electron chi connectivity index (χ1n) is 7.14. The van der Waals surface area contributed by atoms with E-state index in [0.29, 0.717) is 13.2 Å². The lowest BCUT2D eigenvalue weighted by molar-refractivity contribution is 0.0893. The molecule has 0 saturated carbocycles. The number of carbonyl (C=O) groups excluding carboxylic acids is 1. The minimum Gasteiger partial charge on any atom is -0.379 e. The van der Waals surface area contributed by atoms with Crippen molar-refractivity contribution in [1.82, 2.24) is 5.32 Å². The molecule has 0 aromatic heterocycles. The Bertz CT molecular complexity index is 618. The number of ether oxygens (including phenoxy) is 1. The van der Waals surface area contributed by atoms with Crippen molar-refractivity contribution in [2.75, 3.05) is 19.8 Å². The number of fused-ring (bicyclic) bond motifs is 1. The summed E-state index contributed by atoms with van der Waals surface area (Å²) in [5, 5.41) is 5.49. The average molecular weight is 269 g/mol. The van der Waals surface area contributed by atoms with Crippen LogP contribution in [0, 0.1) is 5.92 Å². The molecule has 3 heteroatoms. The molecule has 1 aliphatic heterocycles. The molecule has 1 heterocycles. The van der Waals surface area contributed by atoms with Crippen LogP contribution in [0.25, 0.3) is 10.8 Å². The number of benzene rings is 2. The van der Waals surface area contributed by atoms with Crippen molar-refractivity contribution in [3.05, 3.63) is 48.0 Å². The number of hydrogen-bond acceptors (Lipinski definition) is 3. The second kappa shape index (κ2) is 5.73. The maximum Gasteiger partial charge on any atom is 0.170 e. The van der Waals surface area contributed by atoms with Gasteiger partial charge in [0.1, 0.15) is 0 Å². The molecule has 104 valence electrons. The zero-order chi connectivity index (χ0) is 13.9. The van der Waals surface area contributed by atoms with E-state index >= 15 is 0 Å². The van der Waals surface area contributed by atoms with E-state index in [9.17, 15) is 4.79 Å². The first-order valence-corrected chi connectivity index (χ1v) is 7.14. The fraction of sp³-hybridized carbons (Fsp3) is 0.353. The number of hydrogen-bond donors (Lipinski definition) is 1. The maximum absolute atomic E-state index is 12.8. The van der Waals surface area contributed by atoms with E-state index in [4.69, 9.17) is 4.74 Å². The van der Waals surface area contributed by atoms with Gasteiger partial charge in [-0.15, -0.1) is 0 Å². The van der Waals surface area contributed by atoms with E-state index in [2.05, 4.69) is 12.2 Å². The molecule has 1 N–H and O–H groups in total. The van der Waals surface area contributed by atoms with Crippen molar-refractivity contribution in [1.29, 1.82) is 0 Å². The Hall–Kier alpha value is -1.71. The molecule has 2 unspecified atom stereocenters. The number of nitrogens with one attached hydrogen (secondary N) is 1. The van der Waals surface area contributed by atoms with Gasteiger partial charge in [-0.25, -0.2) is 0 Å². The summed E-state index contributed by atoms with van der Waals surface area (Å²) in [6, 6.07) is 14.1. The molecule has 0 aliphatic carbocycles. The topological polar surface area (TPSA) is 38.3 Å². The van der Waals surface area contributed by atoms with Crippen LogP contribution >= 0.6 is 0 Å². The highest BCUT2D eigenvalue weighted by atomic mass is 16.5. The normalized spacial score (nSPS) is 22.2. The summed E-state index contributed by atoms with van der Waals surface area (Å²) in [5.41, 5.74) is 0.807. The molecule has 2 aromatic carbocycles. The van der Waals surface area contributed by atoms with Crippen molar-refractivity contribution in [2.24, 2.45) is 5.92 Å². The molecule has 3 nitrogen and oxygen atoms in total. The second-order valence-corrected chi connectivity index (χ2v) is 5.20. The lowest BCUT2D eigenvalue weighted by Gasteiger charge is -2.18. The molecule has 20 heavy (non-hydrogen) atoms. The van der Waals surface area contributed by atoms with Crippen LogP contribution in [-0.4, -0.2) is 31.6 Å². The lowest BCUT2D eigenvalue weighted by Crippen LogP contribution is -2.39. The third-order valence-electron chi connectivity index (χ3n) is 3.94. The van der Waals surface area contributed by atoms with E-state index < -0.39 is 0 Å². The Morgan fingerprint density at radius 1 is 1.20 bits per heavy atom. The maximum atomic E-state index is 12.8. The van der Waals surface area contributed by atoms with Crippen LogP contribution in [0.4, 0.5) is 0 Å². The second-order valence-electron chi connectivity index (χ2n) is 5.20. The minimum atomic E-state index is -0.0826. The number of carbonyl (C=O) groups is 1. The molecule has 0 radical (unpaired) electrons. The number of ketones is 1. The van der Waals surface area contributed by atoms with Crippen molar-refractivity contribution < 1.29 is 9.53 Å². The van der Waals surface area contributed by atoms with E-state index in [0.717, 1.165) is 22.9 Å². The molecule has 2 aromatic rings. The van der Waals surface area contributed by atoms with Crippen LogP contribution in [0.1, 0.15) is 17.3 Å². The summed E-state index contributed by atoms with van der Waals surface area (Å²) in [4.78, 5) is 12.8. The number of rotatable bonds is 4. The van der Waals surface area contributed by atoms with E-state index in [1.807, 2.05) is 42.5 Å². The van der Waals surface area contributed by atoms with Crippen molar-refractivity contribution >= 4 is 16.6 Å². The summed E-state index contributed by atoms with van der Waals surface area (Å²) in [6.07, 6.45) is 0. The van der Waals surface area contributed by atoms with Gasteiger partial charge in [-0.2, -0.15) is 0 Å². The fourth-order valence-electron chi connectivity index (χ4n) is 2.92. The SMILES string of the molecule is CCNC1COCC1C(=O)c1cccc2ccccc12. The predicted molar refractivity (Wildman–Crippen MR) is 80.1 cm³/mol. The molecule has 0 spiro atoms. The zero-order valence-corrected chi connectivity index (χ0v) is 11.6. The van der Waals surface area contributed by atoms with Crippen molar-refractivity contribution in [3.63, 3.8) is 0 Å². The highest BCUT2D eigenvalue weighted by molar-refractivity contribution is 6.09. The van der Waals surface area contributed by atoms with Gasteiger partial charge in [0, 0.05) is 11.6 Å². The van der Waals surface area contributed by atoms with Crippen molar-refractivity contribution in [2.45, 2.75) is 13.0 Å². The first-order chi connectivity index (χ1) is 9.81. The molecular formula is C17H19NO2. The van der Waals surface area contributed by atoms with Gasteiger partial charge in [0.25, 0.3) is 0 Å². The summed E-state index contributed by atoms with van der Waals surface area (Å²) in [6.45, 7) is 4.04. The third kappa shape index (κ3) is 2.35. The molecule has 1 aliphatic rings. The molecule has 2 atom stereocenters. The summed E-state index contributed by atoms with van der Waals surface area (Å²) < 4.78 is 5.49. The Kier molecular flexibility index (Phi) is 3.81. The van der Waals surface area contributed by atoms with Gasteiger partial charge >= 0.3 is 0 Å². The van der Waals surface area contributed by atoms with Crippen LogP contribution in [0.2, 0.25) is 0 Å². The smallest absolute Gasteiger partial charge is 0.170 e. The first kappa shape index (κ1) is 13.3. The summed E-state index contributed by atoms with van der Waals surface area (Å²) in [5.74, 6) is 0.103. The largest absolute Gasteiger partial charge is 0.379 e. The Labute approximate surface area is 118 Å². The highest BCUT2D eigenvalue weighted by Crippen LogP contribution is 2.25. The Balaban J connectivity index is 1.96. The number of Topliss-reactive ketones (excluding diaryl/α,β-unsaturated/α-hetero) is 1. The van der Waals surface area contributed by atoms with Crippen LogP contribution in [-0.2, 0) is 4.74 Å². The molecule has 3 rings (SSSR count). The summed E-state index contributed by atoms with van der Waals surface area (Å²) >= 11 is 0. The molecule has 0 bridgehead atoms. The monoisotopic (exact) mass is 269 g/mol. The molecular weight excluding hydrogens is 250 g/mol. The van der Waals surface area contributed by atoms with Gasteiger partial charge in [-0.3, -0.25) is 4.79 Å². The predicted octanol–water partition coefficient (Wildman–Crippen LogP) is 2.65. The van der Waals surface area contributed by atoms with Gasteiger partial charge < -0.3 is 10.1 Å². The van der Waals surface area contributed by atoms with Gasteiger partial charge in [0.15, 0.2) is 5.78 Å². The Morgan fingerprint density at radius 2 is 2.00 bits per heavy atom. The lowest BCUT2D eigenvalue weighted by atomic mass is 9.90. The van der Waals surface area contributed by atoms with Crippen LogP contribution < -0.4 is 5.32 Å². The zero-order valence-electron chi connectivity index (χ0n) is 11.6. The van der Waals surface area contributed by atoms with E-state index in [1.165, 1.54) is 0 Å². The average Bonchev–Trinajstić information content (AvgIpc) is 2.94. The molecule has 0 amide bonds. The van der Waals surface area contributed by atoms with Crippen LogP contribution in [0.3, 0.4) is 0 Å². The third-order valence-corrected chi connectivity index (χ3v) is 3.94. The van der Waals surface area contributed by atoms with E-state index in [-0.39, 0.29) is 17.7 Å². The Morgan fingerprint density at radius 3 is 2.85 bits per heavy atom. The fourth-order valence-corrected chi connectivity index (χ4v) is 2.92. The minimum absolute atomic E-state index is 0.0826. The van der Waals surface area contributed by atoms with Crippen LogP contribution in [0.5, 0.6) is 0 Å². The quantitative estimate of drug-likeness (QED) is 0.867. The molecule has 1 saturated heterocycles. The van der Waals surface area contributed by atoms with Crippen molar-refractivity contribution in [3.8, 4) is 0 Å². The summed E-state index contributed by atoms with van der Waals surface area (Å²) in [7, 11) is 0. The van der Waals surface area contributed by atoms with Gasteiger partial charge in [0.05, 0.1) is 19.1 Å². The standard InChI is InChI=1S/C17H19NO2/c1-2-18-16-11-20-10-15(16)17(19)14-9-5-7-12-6-3-4-8-13(12)14/h3-9,15-16,18H,2,10-11H2,1H3.